The molecule has 0 bridgehead atoms. The minimum Gasteiger partial charge on any atom is -0.402 e. The van der Waals surface area contributed by atoms with Crippen LogP contribution in [0.5, 0.6) is 0 Å². The summed E-state index contributed by atoms with van der Waals surface area (Å²) in [6, 6.07) is 9.26. The number of hydrogen-bond donors (Lipinski definition) is 1. The summed E-state index contributed by atoms with van der Waals surface area (Å²) in [6.07, 6.45) is 2.74. The van der Waals surface area contributed by atoms with Crippen LogP contribution in [-0.2, 0) is 18.4 Å². The molecule has 3 aromatic rings. The highest BCUT2D eigenvalue weighted by Gasteiger charge is 2.30. The summed E-state index contributed by atoms with van der Waals surface area (Å²) in [7, 11) is 1.51. The van der Waals surface area contributed by atoms with Crippen molar-refractivity contribution in [1.82, 2.24) is 19.8 Å². The number of aromatic nitrogens is 2. The number of amides is 2. The second-order valence-electron chi connectivity index (χ2n) is 7.60. The molecule has 10 heteroatoms. The van der Waals surface area contributed by atoms with E-state index in [1.807, 2.05) is 17.5 Å². The van der Waals surface area contributed by atoms with Crippen molar-refractivity contribution in [2.45, 2.75) is 19.4 Å². The first-order valence-corrected chi connectivity index (χ1v) is 11.0. The molecule has 164 valence electrons. The number of thiazole rings is 1. The molecule has 2 aromatic heterocycles. The Labute approximate surface area is 187 Å². The first-order valence-electron chi connectivity index (χ1n) is 10.1. The molecule has 32 heavy (non-hydrogen) atoms. The van der Waals surface area contributed by atoms with E-state index in [-0.39, 0.29) is 30.0 Å². The molecule has 1 N–H and O–H groups in total. The van der Waals surface area contributed by atoms with E-state index in [1.54, 1.807) is 17.0 Å². The van der Waals surface area contributed by atoms with E-state index in [9.17, 15) is 14.4 Å². The van der Waals surface area contributed by atoms with E-state index < -0.39 is 5.76 Å². The topological polar surface area (TPSA) is 121 Å². The quantitative estimate of drug-likeness (QED) is 0.634. The van der Waals surface area contributed by atoms with Crippen LogP contribution in [0.25, 0.3) is 11.3 Å². The molecule has 0 unspecified atom stereocenters. The third-order valence-corrected chi connectivity index (χ3v) is 6.21. The van der Waals surface area contributed by atoms with E-state index in [4.69, 9.17) is 9.68 Å². The number of likely N-dealkylation sites (tertiary alicyclic amines) is 1. The van der Waals surface area contributed by atoms with Gasteiger partial charge in [0.25, 0.3) is 5.91 Å². The molecular weight excluding hydrogens is 430 g/mol. The third kappa shape index (κ3) is 4.63. The summed E-state index contributed by atoms with van der Waals surface area (Å²) in [4.78, 5) is 42.9. The number of oxazole rings is 1. The Morgan fingerprint density at radius 1 is 1.34 bits per heavy atom. The van der Waals surface area contributed by atoms with Crippen molar-refractivity contribution < 1.29 is 14.0 Å². The number of rotatable bonds is 5. The minimum absolute atomic E-state index is 0.0170. The number of nitrogens with one attached hydrogen (secondary N) is 1. The maximum Gasteiger partial charge on any atom is 0.419 e. The Morgan fingerprint density at radius 3 is 2.81 bits per heavy atom. The van der Waals surface area contributed by atoms with Crippen LogP contribution in [0.4, 0.5) is 0 Å². The molecular formula is C22H21N5O4S. The molecule has 0 saturated carbocycles. The Bertz CT molecular complexity index is 1230. The summed E-state index contributed by atoms with van der Waals surface area (Å²) in [5.41, 5.74) is 2.29. The predicted molar refractivity (Wildman–Crippen MR) is 117 cm³/mol. The number of hydrogen-bond acceptors (Lipinski definition) is 7. The van der Waals surface area contributed by atoms with Gasteiger partial charge in [0.2, 0.25) is 11.7 Å². The van der Waals surface area contributed by atoms with Crippen LogP contribution >= 0.6 is 11.3 Å². The monoisotopic (exact) mass is 451 g/mol. The molecule has 4 rings (SSSR count). The number of carbonyl (C=O) groups excluding carboxylic acids is 2. The van der Waals surface area contributed by atoms with Crippen LogP contribution in [0.3, 0.4) is 0 Å². The molecule has 1 saturated heterocycles. The Hall–Kier alpha value is -3.71. The molecule has 0 aliphatic carbocycles. The first kappa shape index (κ1) is 21.5. The van der Waals surface area contributed by atoms with E-state index in [0.717, 1.165) is 16.3 Å². The van der Waals surface area contributed by atoms with E-state index in [0.29, 0.717) is 31.5 Å². The molecule has 0 radical (unpaired) electrons. The van der Waals surface area contributed by atoms with E-state index in [1.165, 1.54) is 29.1 Å². The molecule has 1 atom stereocenters. The highest BCUT2D eigenvalue weighted by molar-refractivity contribution is 7.09. The van der Waals surface area contributed by atoms with Crippen molar-refractivity contribution >= 4 is 23.2 Å². The minimum atomic E-state index is -0.594. The normalized spacial score (nSPS) is 15.9. The zero-order valence-corrected chi connectivity index (χ0v) is 18.2. The van der Waals surface area contributed by atoms with Crippen molar-refractivity contribution in [2.75, 3.05) is 13.1 Å². The van der Waals surface area contributed by atoms with Crippen LogP contribution < -0.4 is 11.1 Å². The van der Waals surface area contributed by atoms with Gasteiger partial charge in [0.1, 0.15) is 5.01 Å². The second-order valence-corrected chi connectivity index (χ2v) is 8.54. The Kier molecular flexibility index (Phi) is 6.18. The van der Waals surface area contributed by atoms with Crippen LogP contribution in [0.15, 0.2) is 45.1 Å². The van der Waals surface area contributed by atoms with Gasteiger partial charge < -0.3 is 14.6 Å². The van der Waals surface area contributed by atoms with Gasteiger partial charge in [-0.3, -0.25) is 14.2 Å². The van der Waals surface area contributed by atoms with Crippen molar-refractivity contribution in [3.63, 3.8) is 0 Å². The average molecular weight is 452 g/mol. The molecule has 1 aliphatic rings. The molecule has 0 spiro atoms. The predicted octanol–water partition coefficient (Wildman–Crippen LogP) is 2.14. The highest BCUT2D eigenvalue weighted by atomic mass is 32.1. The number of nitrogens with zero attached hydrogens (tertiary/aromatic N) is 4. The molecule has 9 nitrogen and oxygen atoms in total. The van der Waals surface area contributed by atoms with Gasteiger partial charge in [-0.05, 0) is 25.0 Å². The lowest BCUT2D eigenvalue weighted by Crippen LogP contribution is -2.45. The van der Waals surface area contributed by atoms with Crippen molar-refractivity contribution in [3.8, 4) is 17.3 Å². The summed E-state index contributed by atoms with van der Waals surface area (Å²) in [5, 5.41) is 14.5. The lowest BCUT2D eigenvalue weighted by molar-refractivity contribution is -0.126. The Morgan fingerprint density at radius 2 is 2.12 bits per heavy atom. The van der Waals surface area contributed by atoms with Crippen molar-refractivity contribution in [3.05, 3.63) is 62.7 Å². The second kappa shape index (κ2) is 9.20. The van der Waals surface area contributed by atoms with Gasteiger partial charge in [-0.15, -0.1) is 11.3 Å². The van der Waals surface area contributed by atoms with Crippen LogP contribution in [0, 0.1) is 17.2 Å². The zero-order chi connectivity index (χ0) is 22.7. The van der Waals surface area contributed by atoms with Gasteiger partial charge in [0.05, 0.1) is 36.0 Å². The third-order valence-electron chi connectivity index (χ3n) is 5.36. The standard InChI is InChI=1S/C22H21N5O4S/c1-26-12-18(31-22(26)30)21(29)27-8-2-3-16(11-27)20(28)24-10-19-25-17(13-32-19)15-6-4-14(9-23)5-7-15/h4-7,12-13,16H,2-3,8,10-11H2,1H3,(H,24,28)/t16-/m0/s1. The lowest BCUT2D eigenvalue weighted by atomic mass is 9.97. The van der Waals surface area contributed by atoms with Crippen molar-refractivity contribution in [2.24, 2.45) is 13.0 Å². The number of piperidine rings is 1. The van der Waals surface area contributed by atoms with E-state index in [2.05, 4.69) is 16.4 Å². The fraction of sp³-hybridized carbons (Fsp3) is 0.318. The zero-order valence-electron chi connectivity index (χ0n) is 17.4. The lowest BCUT2D eigenvalue weighted by Gasteiger charge is -2.31. The van der Waals surface area contributed by atoms with Gasteiger partial charge in [-0.1, -0.05) is 12.1 Å². The van der Waals surface area contributed by atoms with Gasteiger partial charge in [0.15, 0.2) is 0 Å². The smallest absolute Gasteiger partial charge is 0.402 e. The number of benzene rings is 1. The van der Waals surface area contributed by atoms with Crippen LogP contribution in [0.1, 0.15) is 34.0 Å². The van der Waals surface area contributed by atoms with Gasteiger partial charge >= 0.3 is 5.76 Å². The molecule has 2 amide bonds. The fourth-order valence-electron chi connectivity index (χ4n) is 3.60. The summed E-state index contributed by atoms with van der Waals surface area (Å²) < 4.78 is 6.18. The first-order chi connectivity index (χ1) is 15.4. The van der Waals surface area contributed by atoms with E-state index >= 15 is 0 Å². The molecule has 1 aromatic carbocycles. The summed E-state index contributed by atoms with van der Waals surface area (Å²) >= 11 is 1.45. The summed E-state index contributed by atoms with van der Waals surface area (Å²) in [5.74, 6) is -1.46. The van der Waals surface area contributed by atoms with Crippen LogP contribution in [-0.4, -0.2) is 39.4 Å². The van der Waals surface area contributed by atoms with Gasteiger partial charge in [0, 0.05) is 31.1 Å². The fourth-order valence-corrected chi connectivity index (χ4v) is 4.34. The van der Waals surface area contributed by atoms with Gasteiger partial charge in [-0.25, -0.2) is 9.78 Å². The number of aryl methyl sites for hydroxylation is 1. The summed E-state index contributed by atoms with van der Waals surface area (Å²) in [6.45, 7) is 1.09. The maximum atomic E-state index is 12.7. The SMILES string of the molecule is Cn1cc(C(=O)N2CCC[C@H](C(=O)NCc3nc(-c4ccc(C#N)cc4)cs3)C2)oc1=O. The van der Waals surface area contributed by atoms with Crippen LogP contribution in [0.2, 0.25) is 0 Å². The average Bonchev–Trinajstić information content (AvgIpc) is 3.43. The van der Waals surface area contributed by atoms with Crippen molar-refractivity contribution in [1.29, 1.82) is 5.26 Å². The molecule has 3 heterocycles. The largest absolute Gasteiger partial charge is 0.419 e. The number of nitriles is 1. The molecule has 1 aliphatic heterocycles. The maximum absolute atomic E-state index is 12.7. The number of carbonyl (C=O) groups is 2. The highest BCUT2D eigenvalue weighted by Crippen LogP contribution is 2.23. The van der Waals surface area contributed by atoms with Gasteiger partial charge in [-0.2, -0.15) is 5.26 Å². The Balaban J connectivity index is 1.34. The molecule has 1 fully saturated rings.